The van der Waals surface area contributed by atoms with Crippen molar-refractivity contribution in [3.05, 3.63) is 59.4 Å². The predicted molar refractivity (Wildman–Crippen MR) is 115 cm³/mol. The van der Waals surface area contributed by atoms with E-state index in [0.717, 1.165) is 37.1 Å². The summed E-state index contributed by atoms with van der Waals surface area (Å²) in [5.74, 6) is -0.452. The second kappa shape index (κ2) is 10.5. The standard InChI is InChI=1S/C24H31FN2O4/c25-19-5-3-4-17(14-19)6-9-23(28)26-20(16-27-10-1-2-11-27)24(29)18-7-8-21-22(15-18)31-13-12-30-21/h3-5,7-8,14-15,20-22,24,29H,1-2,6,9-13,16H2,(H,26,28). The Labute approximate surface area is 182 Å². The van der Waals surface area contributed by atoms with Gasteiger partial charge >= 0.3 is 0 Å². The molecule has 3 aliphatic rings. The highest BCUT2D eigenvalue weighted by Crippen LogP contribution is 2.24. The van der Waals surface area contributed by atoms with Crippen molar-refractivity contribution in [1.29, 1.82) is 0 Å². The Kier molecular flexibility index (Phi) is 7.50. The van der Waals surface area contributed by atoms with Crippen LogP contribution in [0.15, 0.2) is 48.1 Å². The molecule has 2 fully saturated rings. The van der Waals surface area contributed by atoms with Gasteiger partial charge in [-0.25, -0.2) is 4.39 Å². The third-order valence-corrected chi connectivity index (χ3v) is 6.12. The van der Waals surface area contributed by atoms with E-state index in [4.69, 9.17) is 9.47 Å². The summed E-state index contributed by atoms with van der Waals surface area (Å²) in [6, 6.07) is 5.87. The number of aliphatic hydroxyl groups is 1. The van der Waals surface area contributed by atoms with Gasteiger partial charge in [0.25, 0.3) is 0 Å². The first-order valence-electron chi connectivity index (χ1n) is 11.2. The summed E-state index contributed by atoms with van der Waals surface area (Å²) in [7, 11) is 0. The minimum atomic E-state index is -0.846. The topological polar surface area (TPSA) is 71.0 Å². The smallest absolute Gasteiger partial charge is 0.220 e. The number of ether oxygens (including phenoxy) is 2. The molecular weight excluding hydrogens is 399 g/mol. The molecule has 4 atom stereocenters. The molecule has 2 heterocycles. The Morgan fingerprint density at radius 2 is 2.00 bits per heavy atom. The Hall–Kier alpha value is -2.06. The Morgan fingerprint density at radius 3 is 2.77 bits per heavy atom. The normalized spacial score (nSPS) is 25.5. The monoisotopic (exact) mass is 430 g/mol. The second-order valence-corrected chi connectivity index (χ2v) is 8.45. The van der Waals surface area contributed by atoms with Gasteiger partial charge in [-0.2, -0.15) is 0 Å². The van der Waals surface area contributed by atoms with Crippen LogP contribution in [0.5, 0.6) is 0 Å². The number of nitrogens with zero attached hydrogens (tertiary/aromatic N) is 1. The van der Waals surface area contributed by atoms with Gasteiger partial charge in [-0.1, -0.05) is 24.3 Å². The maximum atomic E-state index is 13.4. The predicted octanol–water partition coefficient (Wildman–Crippen LogP) is 1.98. The average molecular weight is 431 g/mol. The molecule has 168 valence electrons. The number of hydrogen-bond donors (Lipinski definition) is 2. The fraction of sp³-hybridized carbons (Fsp3) is 0.542. The van der Waals surface area contributed by atoms with Crippen molar-refractivity contribution in [2.24, 2.45) is 0 Å². The third kappa shape index (κ3) is 6.01. The highest BCUT2D eigenvalue weighted by molar-refractivity contribution is 5.76. The number of amides is 1. The number of carbonyl (C=O) groups is 1. The molecule has 2 aliphatic heterocycles. The van der Waals surface area contributed by atoms with Crippen LogP contribution < -0.4 is 5.32 Å². The quantitative estimate of drug-likeness (QED) is 0.660. The van der Waals surface area contributed by atoms with E-state index in [1.807, 2.05) is 24.3 Å². The molecule has 0 bridgehead atoms. The molecule has 0 aromatic heterocycles. The molecule has 0 radical (unpaired) electrons. The van der Waals surface area contributed by atoms with Crippen LogP contribution in [0.1, 0.15) is 24.8 Å². The van der Waals surface area contributed by atoms with E-state index in [1.54, 1.807) is 6.07 Å². The zero-order valence-corrected chi connectivity index (χ0v) is 17.7. The molecule has 1 aromatic carbocycles. The van der Waals surface area contributed by atoms with Crippen molar-refractivity contribution in [1.82, 2.24) is 10.2 Å². The minimum Gasteiger partial charge on any atom is -0.386 e. The summed E-state index contributed by atoms with van der Waals surface area (Å²) in [5.41, 5.74) is 1.52. The van der Waals surface area contributed by atoms with Crippen LogP contribution in [0.2, 0.25) is 0 Å². The number of nitrogens with one attached hydrogen (secondary N) is 1. The van der Waals surface area contributed by atoms with Crippen molar-refractivity contribution in [3.63, 3.8) is 0 Å². The van der Waals surface area contributed by atoms with Crippen LogP contribution in [0.25, 0.3) is 0 Å². The summed E-state index contributed by atoms with van der Waals surface area (Å²) in [4.78, 5) is 15.0. The Morgan fingerprint density at radius 1 is 1.23 bits per heavy atom. The SMILES string of the molecule is O=C(CCc1cccc(F)c1)NC(CN1CCCC1)C(O)C1=CC2OCCOC2C=C1. The zero-order chi connectivity index (χ0) is 21.6. The highest BCUT2D eigenvalue weighted by Gasteiger charge is 2.32. The lowest BCUT2D eigenvalue weighted by molar-refractivity contribution is -0.122. The van der Waals surface area contributed by atoms with Gasteiger partial charge in [0.1, 0.15) is 24.1 Å². The highest BCUT2D eigenvalue weighted by atomic mass is 19.1. The van der Waals surface area contributed by atoms with Crippen LogP contribution >= 0.6 is 0 Å². The summed E-state index contributed by atoms with van der Waals surface area (Å²) in [5, 5.41) is 14.2. The Balaban J connectivity index is 1.40. The van der Waals surface area contributed by atoms with Crippen molar-refractivity contribution < 1.29 is 23.8 Å². The number of hydrogen-bond acceptors (Lipinski definition) is 5. The van der Waals surface area contributed by atoms with Gasteiger partial charge in [-0.15, -0.1) is 0 Å². The van der Waals surface area contributed by atoms with E-state index in [-0.39, 0.29) is 30.4 Å². The number of halogens is 1. The van der Waals surface area contributed by atoms with Crippen LogP contribution in [0, 0.1) is 5.82 Å². The summed E-state index contributed by atoms with van der Waals surface area (Å²) < 4.78 is 24.8. The third-order valence-electron chi connectivity index (χ3n) is 6.12. The molecular formula is C24H31FN2O4. The van der Waals surface area contributed by atoms with Gasteiger partial charge in [0.15, 0.2) is 0 Å². The van der Waals surface area contributed by atoms with Crippen molar-refractivity contribution in [2.45, 2.75) is 50.0 Å². The van der Waals surface area contributed by atoms with Gasteiger partial charge in [-0.3, -0.25) is 4.79 Å². The lowest BCUT2D eigenvalue weighted by Gasteiger charge is -2.34. The molecule has 31 heavy (non-hydrogen) atoms. The maximum absolute atomic E-state index is 13.4. The number of carbonyl (C=O) groups excluding carboxylic acids is 1. The first-order valence-corrected chi connectivity index (χ1v) is 11.2. The molecule has 1 aliphatic carbocycles. The Bertz CT molecular complexity index is 822. The van der Waals surface area contributed by atoms with E-state index < -0.39 is 12.1 Å². The van der Waals surface area contributed by atoms with Crippen LogP contribution in [-0.2, 0) is 20.7 Å². The maximum Gasteiger partial charge on any atom is 0.220 e. The molecule has 7 heteroatoms. The molecule has 6 nitrogen and oxygen atoms in total. The molecule has 4 rings (SSSR count). The van der Waals surface area contributed by atoms with Crippen LogP contribution in [0.3, 0.4) is 0 Å². The minimum absolute atomic E-state index is 0.123. The summed E-state index contributed by atoms with van der Waals surface area (Å²) >= 11 is 0. The van der Waals surface area contributed by atoms with E-state index in [0.29, 0.717) is 26.2 Å². The number of rotatable bonds is 8. The summed E-state index contributed by atoms with van der Waals surface area (Å²) in [6.07, 6.45) is 7.48. The van der Waals surface area contributed by atoms with Gasteiger partial charge in [0, 0.05) is 13.0 Å². The number of aliphatic hydroxyl groups excluding tert-OH is 1. The number of likely N-dealkylation sites (tertiary alicyclic amines) is 1. The molecule has 2 saturated heterocycles. The van der Waals surface area contributed by atoms with Gasteiger partial charge < -0.3 is 24.8 Å². The number of aryl methyl sites for hydroxylation is 1. The number of benzene rings is 1. The fourth-order valence-corrected chi connectivity index (χ4v) is 4.44. The molecule has 0 saturated carbocycles. The van der Waals surface area contributed by atoms with E-state index in [9.17, 15) is 14.3 Å². The molecule has 4 unspecified atom stereocenters. The first-order chi connectivity index (χ1) is 15.1. The van der Waals surface area contributed by atoms with E-state index in [1.165, 1.54) is 12.1 Å². The van der Waals surface area contributed by atoms with Gasteiger partial charge in [0.05, 0.1) is 19.3 Å². The zero-order valence-electron chi connectivity index (χ0n) is 17.7. The van der Waals surface area contributed by atoms with Crippen LogP contribution in [0.4, 0.5) is 4.39 Å². The molecule has 0 spiro atoms. The lowest BCUT2D eigenvalue weighted by atomic mass is 9.93. The summed E-state index contributed by atoms with van der Waals surface area (Å²) in [6.45, 7) is 3.63. The van der Waals surface area contributed by atoms with Crippen molar-refractivity contribution in [2.75, 3.05) is 32.8 Å². The van der Waals surface area contributed by atoms with Crippen molar-refractivity contribution in [3.8, 4) is 0 Å². The average Bonchev–Trinajstić information content (AvgIpc) is 3.30. The first kappa shape index (κ1) is 22.1. The van der Waals surface area contributed by atoms with Crippen molar-refractivity contribution >= 4 is 5.91 Å². The van der Waals surface area contributed by atoms with E-state index >= 15 is 0 Å². The second-order valence-electron chi connectivity index (χ2n) is 8.45. The lowest BCUT2D eigenvalue weighted by Crippen LogP contribution is -2.51. The van der Waals surface area contributed by atoms with Crippen LogP contribution in [-0.4, -0.2) is 73.1 Å². The largest absolute Gasteiger partial charge is 0.386 e. The van der Waals surface area contributed by atoms with E-state index in [2.05, 4.69) is 10.2 Å². The van der Waals surface area contributed by atoms with Gasteiger partial charge in [0.2, 0.25) is 5.91 Å². The fourth-order valence-electron chi connectivity index (χ4n) is 4.44. The molecule has 1 amide bonds. The molecule has 2 N–H and O–H groups in total. The molecule has 1 aromatic rings. The number of fused-ring (bicyclic) bond motifs is 1. The van der Waals surface area contributed by atoms with Gasteiger partial charge in [-0.05, 0) is 61.7 Å².